The minimum absolute atomic E-state index is 0. The van der Waals surface area contributed by atoms with E-state index in [9.17, 15) is 0 Å². The van der Waals surface area contributed by atoms with Crippen LogP contribution < -0.4 is 28.3 Å². The van der Waals surface area contributed by atoms with Gasteiger partial charge in [-0.3, -0.25) is 0 Å². The summed E-state index contributed by atoms with van der Waals surface area (Å²) in [6.45, 7) is 5.34. The molecule has 3 aromatic rings. The molecule has 3 aromatic carbocycles. The summed E-state index contributed by atoms with van der Waals surface area (Å²) in [5.74, 6) is 0. The van der Waals surface area contributed by atoms with Crippen molar-refractivity contribution in [1.82, 2.24) is 0 Å². The van der Waals surface area contributed by atoms with E-state index >= 15 is 0 Å². The van der Waals surface area contributed by atoms with E-state index in [1.807, 2.05) is 13.8 Å². The van der Waals surface area contributed by atoms with Crippen LogP contribution in [0.4, 0.5) is 0 Å². The molecule has 0 amide bonds. The Hall–Kier alpha value is -1.70. The Bertz CT molecular complexity index is 694. The van der Waals surface area contributed by atoms with E-state index in [0.717, 1.165) is 6.16 Å². The molecule has 148 valence electrons. The Morgan fingerprint density at radius 1 is 0.607 bits per heavy atom. The number of hydrogen-bond acceptors (Lipinski definition) is 2. The van der Waals surface area contributed by atoms with Gasteiger partial charge in [0.15, 0.2) is 6.29 Å². The van der Waals surface area contributed by atoms with Crippen LogP contribution in [0.5, 0.6) is 0 Å². The summed E-state index contributed by atoms with van der Waals surface area (Å²) in [4.78, 5) is 0. The predicted molar refractivity (Wildman–Crippen MR) is 117 cm³/mol. The molecule has 0 unspecified atom stereocenters. The van der Waals surface area contributed by atoms with Crippen LogP contribution in [0.15, 0.2) is 91.0 Å². The largest absolute Gasteiger partial charge is 1.00 e. The molecule has 0 fully saturated rings. The fourth-order valence-corrected chi connectivity index (χ4v) is 7.79. The molecule has 4 heteroatoms. The minimum atomic E-state index is -1.92. The lowest BCUT2D eigenvalue weighted by Crippen LogP contribution is -3.00. The molecule has 0 heterocycles. The third-order valence-corrected chi connectivity index (χ3v) is 9.10. The molecular formula is C24H28ClO2P. The van der Waals surface area contributed by atoms with Gasteiger partial charge in [0, 0.05) is 13.2 Å². The molecule has 0 N–H and O–H groups in total. The van der Waals surface area contributed by atoms with Gasteiger partial charge in [0.25, 0.3) is 0 Å². The Balaban J connectivity index is 0.00000280. The Kier molecular flexibility index (Phi) is 9.15. The molecule has 3 rings (SSSR count). The van der Waals surface area contributed by atoms with E-state index in [0.29, 0.717) is 13.2 Å². The first kappa shape index (κ1) is 22.6. The normalized spacial score (nSPS) is 11.2. The lowest BCUT2D eigenvalue weighted by atomic mass is 10.4. The molecule has 2 nitrogen and oxygen atoms in total. The minimum Gasteiger partial charge on any atom is -1.00 e. The molecule has 0 aliphatic rings. The first-order chi connectivity index (χ1) is 13.3. The summed E-state index contributed by atoms with van der Waals surface area (Å²) in [5.41, 5.74) is 0. The highest BCUT2D eigenvalue weighted by atomic mass is 35.5. The summed E-state index contributed by atoms with van der Waals surface area (Å²) in [6, 6.07) is 32.5. The molecule has 0 aliphatic heterocycles. The zero-order chi connectivity index (χ0) is 19.0. The highest BCUT2D eigenvalue weighted by Crippen LogP contribution is 2.56. The SMILES string of the molecule is CCOC(C[P+](c1ccccc1)(c1ccccc1)c1ccccc1)OCC.[Cl-]. The van der Waals surface area contributed by atoms with Crippen LogP contribution in [0.25, 0.3) is 0 Å². The molecule has 0 bridgehead atoms. The topological polar surface area (TPSA) is 18.5 Å². The average molecular weight is 415 g/mol. The van der Waals surface area contributed by atoms with Crippen LogP contribution in [0.2, 0.25) is 0 Å². The molecule has 0 aromatic heterocycles. The van der Waals surface area contributed by atoms with Crippen molar-refractivity contribution >= 4 is 23.2 Å². The van der Waals surface area contributed by atoms with Crippen LogP contribution in [0.3, 0.4) is 0 Å². The molecule has 0 aliphatic carbocycles. The summed E-state index contributed by atoms with van der Waals surface area (Å²) >= 11 is 0. The zero-order valence-corrected chi connectivity index (χ0v) is 18.2. The second kappa shape index (κ2) is 11.3. The Morgan fingerprint density at radius 2 is 0.929 bits per heavy atom. The maximum absolute atomic E-state index is 6.01. The summed E-state index contributed by atoms with van der Waals surface area (Å²) in [5, 5.41) is 4.06. The average Bonchev–Trinajstić information content (AvgIpc) is 2.74. The van der Waals surface area contributed by atoms with Gasteiger partial charge in [-0.25, -0.2) is 0 Å². The van der Waals surface area contributed by atoms with E-state index < -0.39 is 7.26 Å². The fourth-order valence-electron chi connectivity index (χ4n) is 3.56. The highest BCUT2D eigenvalue weighted by Gasteiger charge is 2.47. The molecule has 28 heavy (non-hydrogen) atoms. The quantitative estimate of drug-likeness (QED) is 0.389. The zero-order valence-electron chi connectivity index (χ0n) is 16.5. The highest BCUT2D eigenvalue weighted by molar-refractivity contribution is 7.95. The Morgan fingerprint density at radius 3 is 1.21 bits per heavy atom. The number of ether oxygens (including phenoxy) is 2. The van der Waals surface area contributed by atoms with Crippen molar-refractivity contribution in [2.45, 2.75) is 20.1 Å². The summed E-state index contributed by atoms with van der Waals surface area (Å²) in [6.07, 6.45) is 0.598. The van der Waals surface area contributed by atoms with Crippen molar-refractivity contribution in [2.75, 3.05) is 19.4 Å². The van der Waals surface area contributed by atoms with Gasteiger partial charge in [0.05, 0.1) is 0 Å². The maximum Gasteiger partial charge on any atom is 0.192 e. The van der Waals surface area contributed by atoms with Gasteiger partial charge in [-0.1, -0.05) is 54.6 Å². The van der Waals surface area contributed by atoms with Crippen molar-refractivity contribution in [3.8, 4) is 0 Å². The van der Waals surface area contributed by atoms with Crippen LogP contribution in [0, 0.1) is 0 Å². The van der Waals surface area contributed by atoms with Crippen molar-refractivity contribution in [3.63, 3.8) is 0 Å². The maximum atomic E-state index is 6.01. The molecule has 0 radical (unpaired) electrons. The van der Waals surface area contributed by atoms with Crippen LogP contribution in [-0.4, -0.2) is 25.7 Å². The molecule has 0 spiro atoms. The first-order valence-electron chi connectivity index (χ1n) is 9.59. The van der Waals surface area contributed by atoms with Gasteiger partial charge in [-0.05, 0) is 50.2 Å². The van der Waals surface area contributed by atoms with Gasteiger partial charge in [-0.2, -0.15) is 0 Å². The number of rotatable bonds is 9. The van der Waals surface area contributed by atoms with Crippen molar-refractivity contribution in [1.29, 1.82) is 0 Å². The third kappa shape index (κ3) is 5.01. The fraction of sp³-hybridized carbons (Fsp3) is 0.250. The van der Waals surface area contributed by atoms with Gasteiger partial charge in [0.1, 0.15) is 29.3 Å². The number of benzene rings is 3. The van der Waals surface area contributed by atoms with Gasteiger partial charge in [0.2, 0.25) is 0 Å². The predicted octanol–water partition coefficient (Wildman–Crippen LogP) is 1.38. The number of halogens is 1. The van der Waals surface area contributed by atoms with Crippen LogP contribution >= 0.6 is 7.26 Å². The van der Waals surface area contributed by atoms with Crippen LogP contribution in [0.1, 0.15) is 13.8 Å². The lowest BCUT2D eigenvalue weighted by Gasteiger charge is -2.30. The third-order valence-electron chi connectivity index (χ3n) is 4.72. The van der Waals surface area contributed by atoms with Crippen molar-refractivity contribution < 1.29 is 21.9 Å². The van der Waals surface area contributed by atoms with E-state index in [2.05, 4.69) is 91.0 Å². The molecule has 0 saturated heterocycles. The number of hydrogen-bond donors (Lipinski definition) is 0. The Labute approximate surface area is 175 Å². The van der Waals surface area contributed by atoms with E-state index in [4.69, 9.17) is 9.47 Å². The van der Waals surface area contributed by atoms with Gasteiger partial charge >= 0.3 is 0 Å². The molecule has 0 atom stereocenters. The second-order valence-corrected chi connectivity index (χ2v) is 9.87. The van der Waals surface area contributed by atoms with Crippen LogP contribution in [-0.2, 0) is 9.47 Å². The van der Waals surface area contributed by atoms with E-state index in [1.54, 1.807) is 0 Å². The smallest absolute Gasteiger partial charge is 0.192 e. The summed E-state index contributed by atoms with van der Waals surface area (Å²) in [7, 11) is -1.92. The van der Waals surface area contributed by atoms with E-state index in [-0.39, 0.29) is 18.7 Å². The van der Waals surface area contributed by atoms with Gasteiger partial charge < -0.3 is 21.9 Å². The first-order valence-corrected chi connectivity index (χ1v) is 11.6. The van der Waals surface area contributed by atoms with Crippen molar-refractivity contribution in [3.05, 3.63) is 91.0 Å². The standard InChI is InChI=1S/C24H28O2P.ClH/c1-3-25-24(26-4-2)20-27(21-14-8-5-9-15-21,22-16-10-6-11-17-22)23-18-12-7-13-19-23;/h5-19,24H,3-4,20H2,1-2H3;1H/q+1;/p-1. The summed E-state index contributed by atoms with van der Waals surface area (Å²) < 4.78 is 12.0. The van der Waals surface area contributed by atoms with E-state index in [1.165, 1.54) is 15.9 Å². The lowest BCUT2D eigenvalue weighted by molar-refractivity contribution is -0.120. The molecular weight excluding hydrogens is 387 g/mol. The van der Waals surface area contributed by atoms with Gasteiger partial charge in [-0.15, -0.1) is 0 Å². The molecule has 0 saturated carbocycles. The second-order valence-electron chi connectivity index (χ2n) is 6.34. The van der Waals surface area contributed by atoms with Crippen molar-refractivity contribution in [2.24, 2.45) is 0 Å². The monoisotopic (exact) mass is 414 g/mol.